The molecule has 0 fully saturated rings. The molecule has 0 aromatic heterocycles. The first-order valence-corrected chi connectivity index (χ1v) is 2.77. The molecular formula is C7H8O4. The van der Waals surface area contributed by atoms with Crippen molar-refractivity contribution >= 4 is 11.8 Å². The summed E-state index contributed by atoms with van der Waals surface area (Å²) in [6, 6.07) is 0. The maximum atomic E-state index is 10.0. The molecule has 0 N–H and O–H groups in total. The van der Waals surface area contributed by atoms with E-state index in [2.05, 4.69) is 16.1 Å². The van der Waals surface area contributed by atoms with Crippen molar-refractivity contribution in [2.75, 3.05) is 7.11 Å². The van der Waals surface area contributed by atoms with Crippen molar-refractivity contribution in [2.45, 2.75) is 0 Å². The number of esters is 1. The van der Waals surface area contributed by atoms with E-state index in [-0.39, 0.29) is 0 Å². The predicted octanol–water partition coefficient (Wildman–Crippen LogP) is 0.402. The van der Waals surface area contributed by atoms with Crippen molar-refractivity contribution in [2.24, 2.45) is 0 Å². The fourth-order valence-electron chi connectivity index (χ4n) is 0.284. The Balaban J connectivity index is 0.000000218. The van der Waals surface area contributed by atoms with Crippen LogP contribution in [-0.4, -0.2) is 18.9 Å². The lowest BCUT2D eigenvalue weighted by molar-refractivity contribution is -0.145. The average molecular weight is 156 g/mol. The van der Waals surface area contributed by atoms with Gasteiger partial charge in [0.15, 0.2) is 0 Å². The van der Waals surface area contributed by atoms with Crippen LogP contribution in [0.15, 0.2) is 25.2 Å². The van der Waals surface area contributed by atoms with E-state index < -0.39 is 11.8 Å². The van der Waals surface area contributed by atoms with Gasteiger partial charge in [0.1, 0.15) is 0 Å². The first-order valence-electron chi connectivity index (χ1n) is 2.77. The normalized spacial score (nSPS) is 13.2. The number of hydrogen-bond donors (Lipinski definition) is 0. The fourth-order valence-corrected chi connectivity index (χ4v) is 0.284. The summed E-state index contributed by atoms with van der Waals surface area (Å²) in [6.07, 6.45) is 3.53. The number of rotatable bonds is 1. The van der Waals surface area contributed by atoms with Gasteiger partial charge in [0.2, 0.25) is 0 Å². The molecule has 0 saturated heterocycles. The van der Waals surface area contributed by atoms with E-state index in [1.807, 2.05) is 0 Å². The Morgan fingerprint density at radius 1 is 1.64 bits per heavy atom. The molecule has 1 aliphatic rings. The molecule has 0 aliphatic carbocycles. The van der Waals surface area contributed by atoms with Crippen molar-refractivity contribution in [1.82, 2.24) is 0 Å². The summed E-state index contributed by atoms with van der Waals surface area (Å²) in [6.45, 7) is 3.26. The molecule has 0 amide bonds. The number of methoxy groups -OCH3 is 1. The smallest absolute Gasteiger partial charge is 0.383 e. The van der Waals surface area contributed by atoms with Gasteiger partial charge < -0.3 is 9.47 Å². The van der Waals surface area contributed by atoms with E-state index in [4.69, 9.17) is 0 Å². The first kappa shape index (κ1) is 9.42. The molecule has 11 heavy (non-hydrogen) atoms. The van der Waals surface area contributed by atoms with E-state index in [0.29, 0.717) is 0 Å². The third kappa shape index (κ3) is 3.91. The van der Waals surface area contributed by atoms with Gasteiger partial charge in [0.05, 0.1) is 19.6 Å². The number of hydrogen-bond acceptors (Lipinski definition) is 4. The Morgan fingerprint density at radius 2 is 2.18 bits per heavy atom. The largest absolute Gasteiger partial charge is 0.505 e. The zero-order valence-electron chi connectivity index (χ0n) is 6.07. The monoisotopic (exact) mass is 156 g/mol. The summed E-state index contributed by atoms with van der Waals surface area (Å²) in [7, 11) is 1.56. The van der Waals surface area contributed by atoms with Crippen LogP contribution in [0, 0.1) is 0 Å². The van der Waals surface area contributed by atoms with Gasteiger partial charge in [-0.2, -0.15) is 0 Å². The van der Waals surface area contributed by atoms with Gasteiger partial charge in [-0.1, -0.05) is 6.58 Å². The highest BCUT2D eigenvalue weighted by Crippen LogP contribution is 1.92. The molecule has 0 unspecified atom stereocenters. The predicted molar refractivity (Wildman–Crippen MR) is 37.4 cm³/mol. The number of carbonyl (C=O) groups is 2. The van der Waals surface area contributed by atoms with Crippen LogP contribution in [0.5, 0.6) is 0 Å². The number of ether oxygens (including phenoxy) is 2. The molecule has 1 heterocycles. The van der Waals surface area contributed by atoms with Crippen LogP contribution in [-0.2, 0) is 19.1 Å². The van der Waals surface area contributed by atoms with Gasteiger partial charge >= 0.3 is 5.97 Å². The van der Waals surface area contributed by atoms with Gasteiger partial charge in [-0.05, 0) is 0 Å². The second kappa shape index (κ2) is 5.22. The lowest BCUT2D eigenvalue weighted by Gasteiger charge is -1.77. The highest BCUT2D eigenvalue weighted by Gasteiger charge is 2.15. The van der Waals surface area contributed by atoms with E-state index in [1.165, 1.54) is 6.26 Å². The van der Waals surface area contributed by atoms with Crippen molar-refractivity contribution in [3.8, 4) is 0 Å². The van der Waals surface area contributed by atoms with E-state index >= 15 is 0 Å². The summed E-state index contributed by atoms with van der Waals surface area (Å²) >= 11 is 0. The van der Waals surface area contributed by atoms with Crippen molar-refractivity contribution in [1.29, 1.82) is 0 Å². The minimum Gasteiger partial charge on any atom is -0.505 e. The molecule has 0 bridgehead atoms. The van der Waals surface area contributed by atoms with Crippen molar-refractivity contribution in [3.05, 3.63) is 25.2 Å². The maximum Gasteiger partial charge on any atom is 0.383 e. The van der Waals surface area contributed by atoms with Gasteiger partial charge in [-0.25, -0.2) is 4.79 Å². The molecule has 0 aromatic rings. The lowest BCUT2D eigenvalue weighted by atomic mass is 10.4. The minimum absolute atomic E-state index is 0.583. The molecule has 1 aliphatic heterocycles. The Labute approximate surface area is 64.1 Å². The highest BCUT2D eigenvalue weighted by molar-refractivity contribution is 6.40. The van der Waals surface area contributed by atoms with Gasteiger partial charge in [0.25, 0.3) is 5.78 Å². The minimum atomic E-state index is -0.792. The van der Waals surface area contributed by atoms with Crippen LogP contribution in [0.2, 0.25) is 0 Å². The molecule has 0 atom stereocenters. The summed E-state index contributed by atoms with van der Waals surface area (Å²) < 4.78 is 8.40. The lowest BCUT2D eigenvalue weighted by Crippen LogP contribution is -2.04. The third-order valence-corrected chi connectivity index (χ3v) is 0.762. The first-order chi connectivity index (χ1) is 5.22. The van der Waals surface area contributed by atoms with Gasteiger partial charge in [-0.15, -0.1) is 0 Å². The van der Waals surface area contributed by atoms with Crippen molar-refractivity contribution in [3.63, 3.8) is 0 Å². The van der Waals surface area contributed by atoms with Crippen LogP contribution in [0.3, 0.4) is 0 Å². The molecule has 1 rings (SSSR count). The zero-order valence-corrected chi connectivity index (χ0v) is 6.07. The number of cyclic esters (lactones) is 1. The van der Waals surface area contributed by atoms with Gasteiger partial charge in [0, 0.05) is 6.08 Å². The zero-order chi connectivity index (χ0) is 8.69. The summed E-state index contributed by atoms with van der Waals surface area (Å²) in [5.41, 5.74) is 0. The second-order valence-electron chi connectivity index (χ2n) is 1.47. The van der Waals surface area contributed by atoms with Gasteiger partial charge in [-0.3, -0.25) is 4.79 Å². The molecule has 0 spiro atoms. The summed E-state index contributed by atoms with van der Waals surface area (Å²) in [4.78, 5) is 20.0. The second-order valence-corrected chi connectivity index (χ2v) is 1.47. The Morgan fingerprint density at radius 3 is 2.27 bits per heavy atom. The van der Waals surface area contributed by atoms with Crippen LogP contribution < -0.4 is 0 Å². The molecule has 60 valence electrons. The average Bonchev–Trinajstić information content (AvgIpc) is 2.37. The van der Waals surface area contributed by atoms with E-state index in [1.54, 1.807) is 7.11 Å². The Bertz CT molecular complexity index is 193. The SMILES string of the molecule is C=COC.O=C1C=COC1=O. The maximum absolute atomic E-state index is 10.0. The Hall–Kier alpha value is -1.58. The fraction of sp³-hybridized carbons (Fsp3) is 0.143. The molecular weight excluding hydrogens is 148 g/mol. The summed E-state index contributed by atoms with van der Waals surface area (Å²) in [5.74, 6) is -1.37. The molecule has 0 saturated carbocycles. The molecule has 0 radical (unpaired) electrons. The van der Waals surface area contributed by atoms with Crippen molar-refractivity contribution < 1.29 is 19.1 Å². The molecule has 4 heteroatoms. The number of ketones is 1. The van der Waals surface area contributed by atoms with E-state index in [0.717, 1.165) is 12.3 Å². The van der Waals surface area contributed by atoms with Crippen LogP contribution in [0.25, 0.3) is 0 Å². The highest BCUT2D eigenvalue weighted by atomic mass is 16.5. The van der Waals surface area contributed by atoms with Crippen LogP contribution in [0.4, 0.5) is 0 Å². The quantitative estimate of drug-likeness (QED) is 0.313. The van der Waals surface area contributed by atoms with E-state index in [9.17, 15) is 9.59 Å². The topological polar surface area (TPSA) is 52.6 Å². The third-order valence-electron chi connectivity index (χ3n) is 0.762. The number of carbonyl (C=O) groups excluding carboxylic acids is 2. The van der Waals surface area contributed by atoms with Crippen LogP contribution in [0.1, 0.15) is 0 Å². The van der Waals surface area contributed by atoms with Crippen LogP contribution >= 0.6 is 0 Å². The molecule has 4 nitrogen and oxygen atoms in total. The molecule has 0 aromatic carbocycles. The Kier molecular flexibility index (Phi) is 4.47. The standard InChI is InChI=1S/C4H2O3.C3H6O/c5-3-1-2-7-4(3)6;1-3-4-2/h1-2H;3H,1H2,2H3. The summed E-state index contributed by atoms with van der Waals surface area (Å²) in [5, 5.41) is 0.